The summed E-state index contributed by atoms with van der Waals surface area (Å²) in [7, 11) is 0. The normalized spacial score (nSPS) is 11.9. The summed E-state index contributed by atoms with van der Waals surface area (Å²) in [5.74, 6) is 0.447. The van der Waals surface area contributed by atoms with E-state index in [1.165, 1.54) is 0 Å². The van der Waals surface area contributed by atoms with Gasteiger partial charge in [0.1, 0.15) is 5.75 Å². The summed E-state index contributed by atoms with van der Waals surface area (Å²) in [6.07, 6.45) is -0.704. The zero-order chi connectivity index (χ0) is 20.3. The second-order valence-corrected chi connectivity index (χ2v) is 7.59. The van der Waals surface area contributed by atoms with Crippen LogP contribution in [0.2, 0.25) is 5.02 Å². The zero-order valence-corrected chi connectivity index (χ0v) is 17.9. The minimum Gasteiger partial charge on any atom is -0.480 e. The first kappa shape index (κ1) is 20.4. The molecule has 6 nitrogen and oxygen atoms in total. The van der Waals surface area contributed by atoms with Gasteiger partial charge in [0, 0.05) is 10.0 Å². The summed E-state index contributed by atoms with van der Waals surface area (Å²) in [5.41, 5.74) is 2.73. The summed E-state index contributed by atoms with van der Waals surface area (Å²) in [4.78, 5) is 12.1. The van der Waals surface area contributed by atoms with Crippen LogP contribution in [0.15, 0.2) is 45.3 Å². The van der Waals surface area contributed by atoms with Crippen molar-refractivity contribution in [2.75, 3.05) is 6.61 Å². The third kappa shape index (κ3) is 4.91. The number of halogens is 2. The molecule has 3 rings (SSSR count). The molecule has 28 heavy (non-hydrogen) atoms. The number of nitrogens with zero attached hydrogens (tertiary/aromatic N) is 2. The van der Waals surface area contributed by atoms with Crippen molar-refractivity contribution in [1.29, 1.82) is 0 Å². The topological polar surface area (TPSA) is 74.5 Å². The minimum absolute atomic E-state index is 0.210. The maximum Gasteiger partial charge on any atom is 0.344 e. The highest BCUT2D eigenvalue weighted by Gasteiger charge is 2.20. The highest BCUT2D eigenvalue weighted by Crippen LogP contribution is 2.32. The Bertz CT molecular complexity index is 965. The lowest BCUT2D eigenvalue weighted by atomic mass is 10.1. The lowest BCUT2D eigenvalue weighted by molar-refractivity contribution is -0.152. The average Bonchev–Trinajstić information content (AvgIpc) is 3.11. The second-order valence-electron chi connectivity index (χ2n) is 6.27. The van der Waals surface area contributed by atoms with Gasteiger partial charge in [0.05, 0.1) is 5.02 Å². The van der Waals surface area contributed by atoms with E-state index in [-0.39, 0.29) is 12.5 Å². The molecular formula is C20H18BrClN2O4. The molecule has 0 spiro atoms. The Balaban J connectivity index is 1.60. The van der Waals surface area contributed by atoms with Gasteiger partial charge in [0.15, 0.2) is 12.7 Å². The Hall–Kier alpha value is -2.38. The van der Waals surface area contributed by atoms with Crippen molar-refractivity contribution in [3.8, 4) is 17.2 Å². The quantitative estimate of drug-likeness (QED) is 0.451. The monoisotopic (exact) mass is 464 g/mol. The van der Waals surface area contributed by atoms with E-state index in [0.29, 0.717) is 16.7 Å². The van der Waals surface area contributed by atoms with Crippen LogP contribution in [0.3, 0.4) is 0 Å². The first-order valence-electron chi connectivity index (χ1n) is 8.52. The van der Waals surface area contributed by atoms with Crippen LogP contribution in [-0.2, 0) is 9.53 Å². The first-order chi connectivity index (χ1) is 13.3. The van der Waals surface area contributed by atoms with E-state index in [4.69, 9.17) is 25.5 Å². The molecule has 1 aromatic heterocycles. The number of aryl methyl sites for hydroxylation is 2. The standard InChI is InChI=1S/C20H18BrClN2O4/c1-11-4-6-14(7-5-11)20-24-23-19(28-20)13(3)27-17(25)10-26-18-12(2)8-15(21)9-16(18)22/h4-9,13H,10H2,1-3H3. The molecule has 0 N–H and O–H groups in total. The molecule has 146 valence electrons. The highest BCUT2D eigenvalue weighted by atomic mass is 79.9. The van der Waals surface area contributed by atoms with Gasteiger partial charge in [0.2, 0.25) is 5.89 Å². The fraction of sp³-hybridized carbons (Fsp3) is 0.250. The Morgan fingerprint density at radius 3 is 2.61 bits per heavy atom. The Labute approximate surface area is 175 Å². The Kier molecular flexibility index (Phi) is 6.36. The first-order valence-corrected chi connectivity index (χ1v) is 9.69. The SMILES string of the molecule is Cc1ccc(-c2nnc(C(C)OC(=O)COc3c(C)cc(Br)cc3Cl)o2)cc1. The van der Waals surface area contributed by atoms with Gasteiger partial charge in [-0.25, -0.2) is 4.79 Å². The van der Waals surface area contributed by atoms with Crippen molar-refractivity contribution in [3.63, 3.8) is 0 Å². The average molecular weight is 466 g/mol. The van der Waals surface area contributed by atoms with Crippen LogP contribution in [0.4, 0.5) is 0 Å². The molecule has 0 aliphatic heterocycles. The molecule has 3 aromatic rings. The van der Waals surface area contributed by atoms with Gasteiger partial charge in [-0.05, 0) is 50.6 Å². The van der Waals surface area contributed by atoms with E-state index in [1.54, 1.807) is 13.0 Å². The van der Waals surface area contributed by atoms with E-state index in [1.807, 2.05) is 44.2 Å². The van der Waals surface area contributed by atoms with E-state index in [0.717, 1.165) is 21.2 Å². The number of carbonyl (C=O) groups excluding carboxylic acids is 1. The zero-order valence-electron chi connectivity index (χ0n) is 15.5. The van der Waals surface area contributed by atoms with E-state index >= 15 is 0 Å². The maximum absolute atomic E-state index is 12.1. The molecule has 1 heterocycles. The summed E-state index contributed by atoms with van der Waals surface area (Å²) in [5, 5.41) is 8.38. The van der Waals surface area contributed by atoms with Crippen LogP contribution in [0.5, 0.6) is 5.75 Å². The molecule has 0 radical (unpaired) electrons. The molecule has 0 bridgehead atoms. The lowest BCUT2D eigenvalue weighted by Gasteiger charge is -2.13. The molecule has 1 unspecified atom stereocenters. The number of ether oxygens (including phenoxy) is 2. The molecule has 0 aliphatic carbocycles. The van der Waals surface area contributed by atoms with Crippen molar-refractivity contribution in [2.45, 2.75) is 26.9 Å². The van der Waals surface area contributed by atoms with Gasteiger partial charge in [-0.1, -0.05) is 45.2 Å². The largest absolute Gasteiger partial charge is 0.480 e. The van der Waals surface area contributed by atoms with Crippen LogP contribution in [0.1, 0.15) is 30.0 Å². The number of hydrogen-bond acceptors (Lipinski definition) is 6. The summed E-state index contributed by atoms with van der Waals surface area (Å²) >= 11 is 9.50. The van der Waals surface area contributed by atoms with Crippen LogP contribution < -0.4 is 4.74 Å². The predicted octanol–water partition coefficient (Wildman–Crippen LogP) is 5.45. The van der Waals surface area contributed by atoms with Crippen molar-refractivity contribution in [3.05, 3.63) is 62.9 Å². The van der Waals surface area contributed by atoms with Gasteiger partial charge in [-0.3, -0.25) is 0 Å². The molecule has 0 amide bonds. The van der Waals surface area contributed by atoms with Crippen LogP contribution >= 0.6 is 27.5 Å². The molecule has 0 aliphatic rings. The number of carbonyl (C=O) groups is 1. The maximum atomic E-state index is 12.1. The third-order valence-corrected chi connectivity index (χ3v) is 4.66. The number of esters is 1. The van der Waals surface area contributed by atoms with Crippen LogP contribution in [0, 0.1) is 13.8 Å². The molecule has 2 aromatic carbocycles. The molecule has 0 saturated heterocycles. The summed E-state index contributed by atoms with van der Waals surface area (Å²) in [6, 6.07) is 11.2. The summed E-state index contributed by atoms with van der Waals surface area (Å²) in [6.45, 7) is 5.20. The molecule has 0 saturated carbocycles. The number of rotatable bonds is 6. The smallest absolute Gasteiger partial charge is 0.344 e. The van der Waals surface area contributed by atoms with Crippen molar-refractivity contribution in [2.24, 2.45) is 0 Å². The summed E-state index contributed by atoms with van der Waals surface area (Å²) < 4.78 is 17.3. The van der Waals surface area contributed by atoms with Crippen LogP contribution in [-0.4, -0.2) is 22.8 Å². The molecule has 1 atom stereocenters. The van der Waals surface area contributed by atoms with E-state index in [9.17, 15) is 4.79 Å². The Morgan fingerprint density at radius 2 is 1.93 bits per heavy atom. The lowest BCUT2D eigenvalue weighted by Crippen LogP contribution is -2.17. The van der Waals surface area contributed by atoms with Gasteiger partial charge < -0.3 is 13.9 Å². The second kappa shape index (κ2) is 8.75. The van der Waals surface area contributed by atoms with Crippen molar-refractivity contribution < 1.29 is 18.7 Å². The van der Waals surface area contributed by atoms with E-state index in [2.05, 4.69) is 26.1 Å². The van der Waals surface area contributed by atoms with Gasteiger partial charge in [-0.15, -0.1) is 10.2 Å². The predicted molar refractivity (Wildman–Crippen MR) is 108 cm³/mol. The molecular weight excluding hydrogens is 448 g/mol. The highest BCUT2D eigenvalue weighted by molar-refractivity contribution is 9.10. The molecule has 8 heteroatoms. The Morgan fingerprint density at radius 1 is 1.21 bits per heavy atom. The van der Waals surface area contributed by atoms with Gasteiger partial charge in [0.25, 0.3) is 5.89 Å². The van der Waals surface area contributed by atoms with E-state index < -0.39 is 12.1 Å². The van der Waals surface area contributed by atoms with Gasteiger partial charge in [-0.2, -0.15) is 0 Å². The fourth-order valence-corrected chi connectivity index (χ4v) is 3.52. The number of hydrogen-bond donors (Lipinski definition) is 0. The van der Waals surface area contributed by atoms with Crippen LogP contribution in [0.25, 0.3) is 11.5 Å². The molecule has 0 fully saturated rings. The van der Waals surface area contributed by atoms with Crippen molar-refractivity contribution in [1.82, 2.24) is 10.2 Å². The third-order valence-electron chi connectivity index (χ3n) is 3.92. The number of aromatic nitrogens is 2. The minimum atomic E-state index is -0.704. The van der Waals surface area contributed by atoms with Crippen molar-refractivity contribution >= 4 is 33.5 Å². The fourth-order valence-electron chi connectivity index (χ4n) is 2.50. The van der Waals surface area contributed by atoms with Gasteiger partial charge >= 0.3 is 5.97 Å². The number of benzene rings is 2.